The molecule has 3 aliphatic heterocycles. The van der Waals surface area contributed by atoms with E-state index in [-0.39, 0.29) is 30.1 Å². The van der Waals surface area contributed by atoms with Crippen molar-refractivity contribution >= 4 is 46.2 Å². The summed E-state index contributed by atoms with van der Waals surface area (Å²) in [5.41, 5.74) is 3.04. The summed E-state index contributed by atoms with van der Waals surface area (Å²) >= 11 is 0. The van der Waals surface area contributed by atoms with Crippen LogP contribution in [-0.4, -0.2) is 86.8 Å². The van der Waals surface area contributed by atoms with Gasteiger partial charge in [0.25, 0.3) is 11.8 Å². The highest BCUT2D eigenvalue weighted by atomic mass is 16.5. The molecule has 0 spiro atoms. The zero-order chi connectivity index (χ0) is 34.9. The lowest BCUT2D eigenvalue weighted by Crippen LogP contribution is -2.54. The Morgan fingerprint density at radius 2 is 1.69 bits per heavy atom. The molecule has 1 saturated carbocycles. The number of pyridine rings is 3. The minimum absolute atomic E-state index is 0.0880. The molecule has 1 unspecified atom stereocenters. The van der Waals surface area contributed by atoms with Crippen molar-refractivity contribution in [3.8, 4) is 11.6 Å². The molecule has 8 rings (SSSR count). The third-order valence-electron chi connectivity index (χ3n) is 10.4. The van der Waals surface area contributed by atoms with Crippen LogP contribution in [-0.2, 0) is 9.59 Å². The number of piperidine rings is 2. The van der Waals surface area contributed by atoms with Gasteiger partial charge in [0.05, 0.1) is 28.8 Å². The van der Waals surface area contributed by atoms with Crippen LogP contribution in [0.5, 0.6) is 11.6 Å². The van der Waals surface area contributed by atoms with Crippen molar-refractivity contribution in [2.24, 2.45) is 11.8 Å². The largest absolute Gasteiger partial charge is 0.494 e. The normalized spacial score (nSPS) is 22.4. The topological polar surface area (TPSA) is 156 Å². The fourth-order valence-electron chi connectivity index (χ4n) is 7.52. The lowest BCUT2D eigenvalue weighted by molar-refractivity contribution is -0.136. The van der Waals surface area contributed by atoms with E-state index in [1.807, 2.05) is 36.4 Å². The van der Waals surface area contributed by atoms with Crippen LogP contribution in [0.3, 0.4) is 0 Å². The molecule has 2 N–H and O–H groups in total. The zero-order valence-electron chi connectivity index (χ0n) is 28.1. The molecule has 3 fully saturated rings. The van der Waals surface area contributed by atoms with E-state index in [1.165, 1.54) is 0 Å². The van der Waals surface area contributed by atoms with Crippen LogP contribution in [0.4, 0.5) is 11.5 Å². The summed E-state index contributed by atoms with van der Waals surface area (Å²) in [4.78, 5) is 66.8. The Balaban J connectivity index is 0.742. The van der Waals surface area contributed by atoms with Crippen molar-refractivity contribution in [2.75, 3.05) is 31.6 Å². The number of aromatic nitrogens is 3. The molecule has 13 nitrogen and oxygen atoms in total. The van der Waals surface area contributed by atoms with Gasteiger partial charge in [-0.2, -0.15) is 0 Å². The van der Waals surface area contributed by atoms with E-state index in [1.54, 1.807) is 30.6 Å². The number of nitrogens with zero attached hydrogens (tertiary/aromatic N) is 5. The van der Waals surface area contributed by atoms with Gasteiger partial charge in [-0.25, -0.2) is 9.97 Å². The van der Waals surface area contributed by atoms with E-state index < -0.39 is 29.7 Å². The molecule has 1 aliphatic carbocycles. The molecular formula is C38H39N7O6. The summed E-state index contributed by atoms with van der Waals surface area (Å²) in [5, 5.41) is 5.56. The zero-order valence-corrected chi connectivity index (χ0v) is 28.1. The van der Waals surface area contributed by atoms with Gasteiger partial charge < -0.3 is 19.7 Å². The van der Waals surface area contributed by atoms with Crippen LogP contribution in [0.15, 0.2) is 67.0 Å². The smallest absolute Gasteiger partial charge is 0.262 e. The molecule has 3 aromatic heterocycles. The fourth-order valence-corrected chi connectivity index (χ4v) is 7.52. The molecule has 4 amide bonds. The van der Waals surface area contributed by atoms with Gasteiger partial charge >= 0.3 is 0 Å². The molecule has 4 aromatic rings. The van der Waals surface area contributed by atoms with Crippen molar-refractivity contribution in [1.29, 1.82) is 0 Å². The van der Waals surface area contributed by atoms with Gasteiger partial charge in [0.15, 0.2) is 0 Å². The Bertz CT molecular complexity index is 1990. The van der Waals surface area contributed by atoms with Crippen molar-refractivity contribution in [1.82, 2.24) is 30.1 Å². The van der Waals surface area contributed by atoms with E-state index in [0.29, 0.717) is 30.1 Å². The molecule has 6 heterocycles. The van der Waals surface area contributed by atoms with Crippen molar-refractivity contribution in [2.45, 2.75) is 57.1 Å². The summed E-state index contributed by atoms with van der Waals surface area (Å²) in [6.07, 6.45) is 9.07. The average Bonchev–Trinajstić information content (AvgIpc) is 3.36. The second-order valence-electron chi connectivity index (χ2n) is 13.9. The number of carbonyl (C=O) groups is 4. The first-order valence-corrected chi connectivity index (χ1v) is 17.7. The monoisotopic (exact) mass is 689 g/mol. The third kappa shape index (κ3) is 7.11. The van der Waals surface area contributed by atoms with Crippen LogP contribution in [0.25, 0.3) is 11.0 Å². The van der Waals surface area contributed by atoms with E-state index >= 15 is 0 Å². The number of likely N-dealkylation sites (tertiary alicyclic amines) is 1. The van der Waals surface area contributed by atoms with E-state index in [0.717, 1.165) is 79.2 Å². The number of ether oxygens (including phenoxy) is 2. The average molecular weight is 690 g/mol. The number of hydrogen-bond donors (Lipinski definition) is 2. The van der Waals surface area contributed by atoms with Crippen LogP contribution in [0, 0.1) is 11.8 Å². The van der Waals surface area contributed by atoms with Crippen molar-refractivity contribution < 1.29 is 28.7 Å². The fraction of sp³-hybridized carbons (Fsp3) is 0.395. The first-order chi connectivity index (χ1) is 24.9. The quantitative estimate of drug-likeness (QED) is 0.214. The van der Waals surface area contributed by atoms with Crippen LogP contribution in [0.1, 0.15) is 65.7 Å². The van der Waals surface area contributed by atoms with Gasteiger partial charge in [-0.05, 0) is 112 Å². The van der Waals surface area contributed by atoms with Gasteiger partial charge in [-0.15, -0.1) is 0 Å². The lowest BCUT2D eigenvalue weighted by Gasteiger charge is -2.40. The van der Waals surface area contributed by atoms with E-state index in [4.69, 9.17) is 9.47 Å². The van der Waals surface area contributed by atoms with Crippen LogP contribution >= 0.6 is 0 Å². The molecule has 13 heteroatoms. The summed E-state index contributed by atoms with van der Waals surface area (Å²) in [5.74, 6) is 0.999. The highest BCUT2D eigenvalue weighted by Crippen LogP contribution is 2.34. The Morgan fingerprint density at radius 3 is 2.53 bits per heavy atom. The standard InChI is InChI=1S/C38H39N7O6/c46-34-8-6-32(36(47)43-34)45-37(48)28-4-3-26(21-29(28)38(45)49)50-17-12-23-10-15-44(16-11-23)22-24-18-27(19-24)51-35-20-25(9-14-40-35)41-33-7-5-30-31(42-33)2-1-13-39-30/h1-5,7,9,13-14,20-21,23-24,27,32H,6,8,10-12,15-19,22H2,(H,40,41,42)(H,43,46,47)/t24-,27-,32?. The molecule has 4 aliphatic rings. The van der Waals surface area contributed by atoms with Crippen molar-refractivity contribution in [3.05, 3.63) is 78.1 Å². The molecule has 262 valence electrons. The number of carbonyl (C=O) groups excluding carboxylic acids is 4. The molecule has 1 aromatic carbocycles. The highest BCUT2D eigenvalue weighted by Gasteiger charge is 2.44. The number of rotatable bonds is 11. The van der Waals surface area contributed by atoms with Crippen LogP contribution in [0.2, 0.25) is 0 Å². The minimum atomic E-state index is -0.980. The summed E-state index contributed by atoms with van der Waals surface area (Å²) in [6, 6.07) is 15.4. The number of fused-ring (bicyclic) bond motifs is 2. The summed E-state index contributed by atoms with van der Waals surface area (Å²) in [6.45, 7) is 3.72. The van der Waals surface area contributed by atoms with Gasteiger partial charge in [0.1, 0.15) is 23.7 Å². The molecule has 2 saturated heterocycles. The lowest BCUT2D eigenvalue weighted by atomic mass is 9.81. The van der Waals surface area contributed by atoms with E-state index in [2.05, 4.69) is 30.5 Å². The second-order valence-corrected chi connectivity index (χ2v) is 13.9. The molecule has 0 bridgehead atoms. The molecule has 51 heavy (non-hydrogen) atoms. The Kier molecular flexibility index (Phi) is 9.03. The Morgan fingerprint density at radius 1 is 0.843 bits per heavy atom. The van der Waals surface area contributed by atoms with Gasteiger partial charge in [0, 0.05) is 37.1 Å². The third-order valence-corrected chi connectivity index (χ3v) is 10.4. The maximum atomic E-state index is 13.1. The number of amides is 4. The first-order valence-electron chi connectivity index (χ1n) is 17.7. The number of imide groups is 2. The summed E-state index contributed by atoms with van der Waals surface area (Å²) < 4.78 is 12.2. The van der Waals surface area contributed by atoms with Crippen molar-refractivity contribution in [3.63, 3.8) is 0 Å². The Hall–Kier alpha value is -5.43. The second kappa shape index (κ2) is 14.1. The van der Waals surface area contributed by atoms with Gasteiger partial charge in [0.2, 0.25) is 17.7 Å². The number of anilines is 2. The van der Waals surface area contributed by atoms with Gasteiger partial charge in [-0.1, -0.05) is 0 Å². The molecule has 1 atom stereocenters. The Labute approximate surface area is 294 Å². The predicted octanol–water partition coefficient (Wildman–Crippen LogP) is 4.51. The maximum absolute atomic E-state index is 13.1. The molecular weight excluding hydrogens is 650 g/mol. The number of nitrogens with one attached hydrogen (secondary N) is 2. The SMILES string of the molecule is O=C1CCC(N2C(=O)c3ccc(OCCC4CCN(C[C@H]5C[C@H](Oc6cc(Nc7ccc8ncccc8n7)ccn6)C5)CC4)cc3C2=O)C(=O)N1. The molecule has 0 radical (unpaired) electrons. The number of hydrogen-bond acceptors (Lipinski definition) is 11. The maximum Gasteiger partial charge on any atom is 0.262 e. The minimum Gasteiger partial charge on any atom is -0.494 e. The first kappa shape index (κ1) is 32.8. The van der Waals surface area contributed by atoms with E-state index in [9.17, 15) is 19.2 Å². The summed E-state index contributed by atoms with van der Waals surface area (Å²) in [7, 11) is 0. The van der Waals surface area contributed by atoms with Crippen LogP contribution < -0.4 is 20.1 Å². The highest BCUT2D eigenvalue weighted by molar-refractivity contribution is 6.23. The predicted molar refractivity (Wildman–Crippen MR) is 187 cm³/mol. The van der Waals surface area contributed by atoms with Gasteiger partial charge in [-0.3, -0.25) is 34.4 Å². The number of benzene rings is 1.